The standard InChI is InChI=1S/C10H11NO2S/c1-14-10-9(13-8-2-3-8)4-7(6-12)5-11-10/h4-6,8H,2-3H2,1H3. The molecule has 0 N–H and O–H groups in total. The molecule has 74 valence electrons. The van der Waals surface area contributed by atoms with E-state index in [4.69, 9.17) is 4.74 Å². The van der Waals surface area contributed by atoms with E-state index >= 15 is 0 Å². The van der Waals surface area contributed by atoms with Gasteiger partial charge in [0.05, 0.1) is 6.10 Å². The third-order valence-electron chi connectivity index (χ3n) is 1.99. The summed E-state index contributed by atoms with van der Waals surface area (Å²) in [6.07, 6.45) is 6.86. The van der Waals surface area contributed by atoms with Gasteiger partial charge in [0.15, 0.2) is 12.0 Å². The number of thioether (sulfide) groups is 1. The van der Waals surface area contributed by atoms with Gasteiger partial charge in [-0.25, -0.2) is 4.98 Å². The first-order chi connectivity index (χ1) is 6.83. The average Bonchev–Trinajstić information content (AvgIpc) is 3.01. The summed E-state index contributed by atoms with van der Waals surface area (Å²) in [5, 5.41) is 0.850. The van der Waals surface area contributed by atoms with Crippen molar-refractivity contribution in [3.63, 3.8) is 0 Å². The average molecular weight is 209 g/mol. The summed E-state index contributed by atoms with van der Waals surface area (Å²) in [4.78, 5) is 14.7. The van der Waals surface area contributed by atoms with Crippen LogP contribution in [0.5, 0.6) is 5.75 Å². The van der Waals surface area contributed by atoms with Gasteiger partial charge in [-0.05, 0) is 25.2 Å². The molecule has 0 aliphatic heterocycles. The third-order valence-corrected chi connectivity index (χ3v) is 2.68. The van der Waals surface area contributed by atoms with Crippen molar-refractivity contribution in [1.82, 2.24) is 4.98 Å². The van der Waals surface area contributed by atoms with E-state index in [0.29, 0.717) is 11.7 Å². The summed E-state index contributed by atoms with van der Waals surface area (Å²) in [7, 11) is 0. The normalized spacial score (nSPS) is 15.2. The molecule has 1 fully saturated rings. The minimum Gasteiger partial charge on any atom is -0.488 e. The molecule has 14 heavy (non-hydrogen) atoms. The first-order valence-electron chi connectivity index (χ1n) is 4.49. The van der Waals surface area contributed by atoms with Crippen LogP contribution in [0.2, 0.25) is 0 Å². The highest BCUT2D eigenvalue weighted by atomic mass is 32.2. The minimum atomic E-state index is 0.338. The Balaban J connectivity index is 2.26. The summed E-state index contributed by atoms with van der Waals surface area (Å²) in [5.41, 5.74) is 0.568. The van der Waals surface area contributed by atoms with Crippen LogP contribution in [0.15, 0.2) is 17.3 Å². The van der Waals surface area contributed by atoms with Crippen molar-refractivity contribution in [1.29, 1.82) is 0 Å². The molecule has 0 bridgehead atoms. The third kappa shape index (κ3) is 2.07. The van der Waals surface area contributed by atoms with Crippen molar-refractivity contribution in [3.8, 4) is 5.75 Å². The maximum atomic E-state index is 10.6. The number of carbonyl (C=O) groups excluding carboxylic acids is 1. The zero-order chi connectivity index (χ0) is 9.97. The molecule has 2 rings (SSSR count). The van der Waals surface area contributed by atoms with Gasteiger partial charge in [-0.2, -0.15) is 0 Å². The molecular formula is C10H11NO2S. The Bertz CT molecular complexity index is 350. The SMILES string of the molecule is CSc1ncc(C=O)cc1OC1CC1. The Hall–Kier alpha value is -1.03. The van der Waals surface area contributed by atoms with Crippen LogP contribution in [0.25, 0.3) is 0 Å². The molecule has 0 spiro atoms. The zero-order valence-electron chi connectivity index (χ0n) is 7.90. The Morgan fingerprint density at radius 3 is 3.00 bits per heavy atom. The molecule has 3 nitrogen and oxygen atoms in total. The fraction of sp³-hybridized carbons (Fsp3) is 0.400. The number of pyridine rings is 1. The van der Waals surface area contributed by atoms with Gasteiger partial charge in [-0.1, -0.05) is 0 Å². The van der Waals surface area contributed by atoms with Crippen LogP contribution in [0, 0.1) is 0 Å². The molecular weight excluding hydrogens is 198 g/mol. The number of aromatic nitrogens is 1. The van der Waals surface area contributed by atoms with Crippen LogP contribution in [0.3, 0.4) is 0 Å². The Morgan fingerprint density at radius 2 is 2.43 bits per heavy atom. The van der Waals surface area contributed by atoms with Crippen LogP contribution in [0.4, 0.5) is 0 Å². The van der Waals surface area contributed by atoms with Crippen LogP contribution in [0.1, 0.15) is 23.2 Å². The summed E-state index contributed by atoms with van der Waals surface area (Å²) in [6.45, 7) is 0. The van der Waals surface area contributed by atoms with E-state index in [-0.39, 0.29) is 0 Å². The molecule has 0 unspecified atom stereocenters. The van der Waals surface area contributed by atoms with Crippen LogP contribution >= 0.6 is 11.8 Å². The molecule has 0 aromatic carbocycles. The first kappa shape index (κ1) is 9.52. The van der Waals surface area contributed by atoms with Gasteiger partial charge in [0.25, 0.3) is 0 Å². The molecule has 1 aromatic heterocycles. The van der Waals surface area contributed by atoms with E-state index in [0.717, 1.165) is 29.9 Å². The minimum absolute atomic E-state index is 0.338. The van der Waals surface area contributed by atoms with Gasteiger partial charge in [-0.15, -0.1) is 11.8 Å². The Kier molecular flexibility index (Phi) is 2.72. The van der Waals surface area contributed by atoms with Gasteiger partial charge in [-0.3, -0.25) is 4.79 Å². The van der Waals surface area contributed by atoms with Crippen molar-refractivity contribution < 1.29 is 9.53 Å². The molecule has 1 aliphatic carbocycles. The van der Waals surface area contributed by atoms with Crippen molar-refractivity contribution in [2.24, 2.45) is 0 Å². The molecule has 4 heteroatoms. The lowest BCUT2D eigenvalue weighted by atomic mass is 10.3. The second-order valence-electron chi connectivity index (χ2n) is 3.21. The van der Waals surface area contributed by atoms with Crippen LogP contribution < -0.4 is 4.74 Å². The zero-order valence-corrected chi connectivity index (χ0v) is 8.71. The van der Waals surface area contributed by atoms with E-state index in [1.807, 2.05) is 6.26 Å². The quantitative estimate of drug-likeness (QED) is 0.562. The van der Waals surface area contributed by atoms with E-state index in [1.54, 1.807) is 12.3 Å². The summed E-state index contributed by atoms with van der Waals surface area (Å²) >= 11 is 1.53. The second-order valence-corrected chi connectivity index (χ2v) is 4.01. The summed E-state index contributed by atoms with van der Waals surface area (Å²) in [5.74, 6) is 0.740. The van der Waals surface area contributed by atoms with Gasteiger partial charge < -0.3 is 4.74 Å². The lowest BCUT2D eigenvalue weighted by Crippen LogP contribution is -1.99. The Morgan fingerprint density at radius 1 is 1.64 bits per heavy atom. The largest absolute Gasteiger partial charge is 0.488 e. The molecule has 1 saturated carbocycles. The van der Waals surface area contributed by atoms with Crippen LogP contribution in [-0.2, 0) is 0 Å². The predicted octanol–water partition coefficient (Wildman–Crippen LogP) is 2.16. The number of ether oxygens (including phenoxy) is 1. The topological polar surface area (TPSA) is 39.2 Å². The first-order valence-corrected chi connectivity index (χ1v) is 5.72. The summed E-state index contributed by atoms with van der Waals surface area (Å²) in [6, 6.07) is 1.75. The van der Waals surface area contributed by atoms with Gasteiger partial charge in [0, 0.05) is 11.8 Å². The monoisotopic (exact) mass is 209 g/mol. The van der Waals surface area contributed by atoms with E-state index in [2.05, 4.69) is 4.98 Å². The molecule has 0 atom stereocenters. The Labute approximate surface area is 86.9 Å². The maximum absolute atomic E-state index is 10.6. The van der Waals surface area contributed by atoms with Gasteiger partial charge >= 0.3 is 0 Å². The van der Waals surface area contributed by atoms with Gasteiger partial charge in [0.1, 0.15) is 5.03 Å². The summed E-state index contributed by atoms with van der Waals surface area (Å²) < 4.78 is 5.65. The van der Waals surface area contributed by atoms with Crippen molar-refractivity contribution in [2.75, 3.05) is 6.26 Å². The molecule has 0 radical (unpaired) electrons. The van der Waals surface area contributed by atoms with Crippen molar-refractivity contribution in [2.45, 2.75) is 24.0 Å². The highest BCUT2D eigenvalue weighted by Crippen LogP contribution is 2.32. The number of hydrogen-bond donors (Lipinski definition) is 0. The number of aldehydes is 1. The smallest absolute Gasteiger partial charge is 0.152 e. The number of hydrogen-bond acceptors (Lipinski definition) is 4. The number of carbonyl (C=O) groups is 1. The van der Waals surface area contributed by atoms with E-state index < -0.39 is 0 Å². The molecule has 0 saturated heterocycles. The predicted molar refractivity (Wildman–Crippen MR) is 55.1 cm³/mol. The van der Waals surface area contributed by atoms with Crippen molar-refractivity contribution >= 4 is 18.0 Å². The fourth-order valence-corrected chi connectivity index (χ4v) is 1.58. The van der Waals surface area contributed by atoms with Gasteiger partial charge in [0.2, 0.25) is 0 Å². The van der Waals surface area contributed by atoms with Crippen LogP contribution in [-0.4, -0.2) is 23.6 Å². The number of nitrogens with zero attached hydrogens (tertiary/aromatic N) is 1. The molecule has 0 amide bonds. The second kappa shape index (κ2) is 4.00. The van der Waals surface area contributed by atoms with Crippen molar-refractivity contribution in [3.05, 3.63) is 17.8 Å². The molecule has 1 aliphatic rings. The lowest BCUT2D eigenvalue weighted by Gasteiger charge is -2.08. The number of rotatable bonds is 4. The highest BCUT2D eigenvalue weighted by molar-refractivity contribution is 7.98. The highest BCUT2D eigenvalue weighted by Gasteiger charge is 2.24. The van der Waals surface area contributed by atoms with E-state index in [9.17, 15) is 4.79 Å². The lowest BCUT2D eigenvalue weighted by molar-refractivity contribution is 0.112. The molecule has 1 heterocycles. The van der Waals surface area contributed by atoms with E-state index in [1.165, 1.54) is 11.8 Å². The molecule has 1 aromatic rings. The maximum Gasteiger partial charge on any atom is 0.152 e. The fourth-order valence-electron chi connectivity index (χ4n) is 1.11.